The number of nitrogens with zero attached hydrogens (tertiary/aromatic N) is 1. The molecule has 0 amide bonds. The molecule has 1 N–H and O–H groups in total. The lowest BCUT2D eigenvalue weighted by Crippen LogP contribution is -2.39. The molecule has 0 saturated carbocycles. The molecular weight excluding hydrogens is 238 g/mol. The standard InChI is InChI=1S/C12H9NO5/c1-12(2)17-9-7(10(14)15)3-6(5-13)4-8(9)11(16)18-12/h3-4H,1-2H3,(H,14,15). The summed E-state index contributed by atoms with van der Waals surface area (Å²) in [5.74, 6) is -3.28. The Morgan fingerprint density at radius 2 is 2.06 bits per heavy atom. The van der Waals surface area contributed by atoms with Crippen molar-refractivity contribution in [1.29, 1.82) is 5.26 Å². The highest BCUT2D eigenvalue weighted by atomic mass is 16.7. The molecule has 0 aromatic heterocycles. The van der Waals surface area contributed by atoms with Crippen LogP contribution in [0.3, 0.4) is 0 Å². The van der Waals surface area contributed by atoms with Gasteiger partial charge in [-0.2, -0.15) is 5.26 Å². The number of rotatable bonds is 1. The van der Waals surface area contributed by atoms with Crippen LogP contribution in [0.2, 0.25) is 0 Å². The van der Waals surface area contributed by atoms with Crippen molar-refractivity contribution in [2.45, 2.75) is 19.6 Å². The van der Waals surface area contributed by atoms with Gasteiger partial charge in [0, 0.05) is 13.8 Å². The summed E-state index contributed by atoms with van der Waals surface area (Å²) in [7, 11) is 0. The Kier molecular flexibility index (Phi) is 2.47. The summed E-state index contributed by atoms with van der Waals surface area (Å²) in [5, 5.41) is 17.9. The van der Waals surface area contributed by atoms with Gasteiger partial charge in [0.2, 0.25) is 5.79 Å². The molecule has 1 aromatic rings. The lowest BCUT2D eigenvalue weighted by molar-refractivity contribution is -0.127. The summed E-state index contributed by atoms with van der Waals surface area (Å²) in [6.07, 6.45) is 0. The van der Waals surface area contributed by atoms with E-state index in [1.165, 1.54) is 19.9 Å². The Bertz CT molecular complexity index is 580. The van der Waals surface area contributed by atoms with Crippen LogP contribution < -0.4 is 4.74 Å². The van der Waals surface area contributed by atoms with Gasteiger partial charge >= 0.3 is 11.9 Å². The Hall–Kier alpha value is -2.55. The predicted octanol–water partition coefficient (Wildman–Crippen LogP) is 1.54. The minimum Gasteiger partial charge on any atom is -0.478 e. The van der Waals surface area contributed by atoms with E-state index in [1.807, 2.05) is 0 Å². The third kappa shape index (κ3) is 1.86. The number of fused-ring (bicyclic) bond motifs is 1. The third-order valence-corrected chi connectivity index (χ3v) is 2.35. The minimum absolute atomic E-state index is 0.0502. The number of nitriles is 1. The molecule has 1 aliphatic heterocycles. The van der Waals surface area contributed by atoms with Crippen molar-refractivity contribution >= 4 is 11.9 Å². The van der Waals surface area contributed by atoms with Gasteiger partial charge in [-0.15, -0.1) is 0 Å². The zero-order valence-electron chi connectivity index (χ0n) is 9.68. The van der Waals surface area contributed by atoms with Crippen LogP contribution in [0.25, 0.3) is 0 Å². The van der Waals surface area contributed by atoms with Crippen LogP contribution in [-0.4, -0.2) is 22.8 Å². The zero-order valence-corrected chi connectivity index (χ0v) is 9.68. The number of carboxylic acids is 1. The fourth-order valence-electron chi connectivity index (χ4n) is 1.66. The van der Waals surface area contributed by atoms with Gasteiger partial charge in [-0.05, 0) is 12.1 Å². The first-order valence-corrected chi connectivity index (χ1v) is 5.08. The molecule has 0 aliphatic carbocycles. The Labute approximate surface area is 102 Å². The van der Waals surface area contributed by atoms with E-state index in [0.717, 1.165) is 6.07 Å². The van der Waals surface area contributed by atoms with Crippen LogP contribution in [0.1, 0.15) is 40.1 Å². The van der Waals surface area contributed by atoms with Gasteiger partial charge < -0.3 is 14.6 Å². The van der Waals surface area contributed by atoms with Crippen molar-refractivity contribution in [3.63, 3.8) is 0 Å². The maximum absolute atomic E-state index is 11.7. The van der Waals surface area contributed by atoms with E-state index in [4.69, 9.17) is 19.8 Å². The predicted molar refractivity (Wildman–Crippen MR) is 58.2 cm³/mol. The summed E-state index contributed by atoms with van der Waals surface area (Å²) in [6, 6.07) is 4.20. The lowest BCUT2D eigenvalue weighted by Gasteiger charge is -2.32. The molecule has 18 heavy (non-hydrogen) atoms. The average Bonchev–Trinajstić information content (AvgIpc) is 2.26. The fraction of sp³-hybridized carbons (Fsp3) is 0.250. The van der Waals surface area contributed by atoms with Crippen LogP contribution in [0, 0.1) is 11.3 Å². The molecule has 0 saturated heterocycles. The lowest BCUT2D eigenvalue weighted by atomic mass is 10.0. The fourth-order valence-corrected chi connectivity index (χ4v) is 1.66. The van der Waals surface area contributed by atoms with Gasteiger partial charge in [-0.25, -0.2) is 9.59 Å². The van der Waals surface area contributed by atoms with Gasteiger partial charge in [0.1, 0.15) is 11.1 Å². The molecule has 1 aromatic carbocycles. The van der Waals surface area contributed by atoms with E-state index in [-0.39, 0.29) is 22.4 Å². The number of esters is 1. The summed E-state index contributed by atoms with van der Waals surface area (Å²) < 4.78 is 10.3. The molecule has 92 valence electrons. The van der Waals surface area contributed by atoms with Crippen molar-refractivity contribution in [2.75, 3.05) is 0 Å². The van der Waals surface area contributed by atoms with Gasteiger partial charge in [0.05, 0.1) is 11.6 Å². The Morgan fingerprint density at radius 3 is 2.61 bits per heavy atom. The summed E-state index contributed by atoms with van der Waals surface area (Å²) in [4.78, 5) is 22.9. The van der Waals surface area contributed by atoms with Crippen LogP contribution in [0.15, 0.2) is 12.1 Å². The molecule has 0 atom stereocenters. The molecule has 0 fully saturated rings. The number of hydrogen-bond donors (Lipinski definition) is 1. The second-order valence-corrected chi connectivity index (χ2v) is 4.21. The van der Waals surface area contributed by atoms with Gasteiger partial charge in [0.25, 0.3) is 0 Å². The number of hydrogen-bond acceptors (Lipinski definition) is 5. The topological polar surface area (TPSA) is 96.6 Å². The van der Waals surface area contributed by atoms with E-state index in [2.05, 4.69) is 0 Å². The van der Waals surface area contributed by atoms with Crippen molar-refractivity contribution in [2.24, 2.45) is 0 Å². The highest BCUT2D eigenvalue weighted by Gasteiger charge is 2.37. The highest BCUT2D eigenvalue weighted by Crippen LogP contribution is 2.35. The second-order valence-electron chi connectivity index (χ2n) is 4.21. The van der Waals surface area contributed by atoms with Gasteiger partial charge in [0.15, 0.2) is 5.75 Å². The maximum Gasteiger partial charge on any atom is 0.345 e. The van der Waals surface area contributed by atoms with Crippen molar-refractivity contribution < 1.29 is 24.2 Å². The van der Waals surface area contributed by atoms with E-state index in [9.17, 15) is 9.59 Å². The summed E-state index contributed by atoms with van der Waals surface area (Å²) >= 11 is 0. The SMILES string of the molecule is CC1(C)OC(=O)c2cc(C#N)cc(C(=O)O)c2O1. The normalized spacial score (nSPS) is 15.9. The molecule has 6 heteroatoms. The Balaban J connectivity index is 2.71. The van der Waals surface area contributed by atoms with Gasteiger partial charge in [-0.3, -0.25) is 0 Å². The molecule has 0 bridgehead atoms. The number of carbonyl (C=O) groups excluding carboxylic acids is 1. The molecule has 0 radical (unpaired) electrons. The maximum atomic E-state index is 11.7. The summed E-state index contributed by atoms with van der Waals surface area (Å²) in [6.45, 7) is 3.00. The van der Waals surface area contributed by atoms with Crippen LogP contribution in [0.4, 0.5) is 0 Å². The van der Waals surface area contributed by atoms with E-state index < -0.39 is 17.7 Å². The van der Waals surface area contributed by atoms with Crippen LogP contribution in [-0.2, 0) is 4.74 Å². The number of cyclic esters (lactones) is 1. The molecule has 6 nitrogen and oxygen atoms in total. The van der Waals surface area contributed by atoms with Crippen LogP contribution in [0.5, 0.6) is 5.75 Å². The molecule has 1 aliphatic rings. The molecule has 0 spiro atoms. The largest absolute Gasteiger partial charge is 0.478 e. The minimum atomic E-state index is -1.27. The number of carboxylic acid groups (broad SMARTS) is 1. The number of benzene rings is 1. The van der Waals surface area contributed by atoms with E-state index >= 15 is 0 Å². The van der Waals surface area contributed by atoms with Crippen LogP contribution >= 0.6 is 0 Å². The number of aromatic carboxylic acids is 1. The number of carbonyl (C=O) groups is 2. The third-order valence-electron chi connectivity index (χ3n) is 2.35. The molecular formula is C12H9NO5. The zero-order chi connectivity index (χ0) is 13.5. The van der Waals surface area contributed by atoms with E-state index in [1.54, 1.807) is 6.07 Å². The first-order valence-electron chi connectivity index (χ1n) is 5.08. The smallest absolute Gasteiger partial charge is 0.345 e. The quantitative estimate of drug-likeness (QED) is 0.756. The van der Waals surface area contributed by atoms with Crippen molar-refractivity contribution in [3.8, 4) is 11.8 Å². The Morgan fingerprint density at radius 1 is 1.39 bits per heavy atom. The molecule has 2 rings (SSSR count). The first-order chi connectivity index (χ1) is 8.34. The average molecular weight is 247 g/mol. The second kappa shape index (κ2) is 3.74. The first kappa shape index (κ1) is 11.9. The monoisotopic (exact) mass is 247 g/mol. The van der Waals surface area contributed by atoms with Crippen molar-refractivity contribution in [1.82, 2.24) is 0 Å². The van der Waals surface area contributed by atoms with Crippen molar-refractivity contribution in [3.05, 3.63) is 28.8 Å². The molecule has 1 heterocycles. The van der Waals surface area contributed by atoms with E-state index in [0.29, 0.717) is 0 Å². The summed E-state index contributed by atoms with van der Waals surface area (Å²) in [5.41, 5.74) is -0.217. The van der Waals surface area contributed by atoms with Gasteiger partial charge in [-0.1, -0.05) is 0 Å². The highest BCUT2D eigenvalue weighted by molar-refractivity contribution is 6.01. The number of ether oxygens (including phenoxy) is 2. The molecule has 0 unspecified atom stereocenters.